The van der Waals surface area contributed by atoms with Gasteiger partial charge in [0.1, 0.15) is 0 Å². The Labute approximate surface area is 75.2 Å². The molecule has 0 radical (unpaired) electrons. The molecule has 0 N–H and O–H groups in total. The first-order chi connectivity index (χ1) is 5.72. The van der Waals surface area contributed by atoms with Gasteiger partial charge in [-0.1, -0.05) is 0 Å². The molecule has 0 aromatic heterocycles. The van der Waals surface area contributed by atoms with Gasteiger partial charge in [0.2, 0.25) is 0 Å². The third kappa shape index (κ3) is 3.11. The van der Waals surface area contributed by atoms with Crippen LogP contribution in [0, 0.1) is 0 Å². The fourth-order valence-electron chi connectivity index (χ4n) is 1.79. The summed E-state index contributed by atoms with van der Waals surface area (Å²) in [6.07, 6.45) is 5.98. The van der Waals surface area contributed by atoms with Crippen molar-refractivity contribution in [1.82, 2.24) is 0 Å². The minimum atomic E-state index is 0.370. The molecule has 0 aliphatic heterocycles. The smallest absolute Gasteiger partial charge is 0.0580 e. The van der Waals surface area contributed by atoms with E-state index in [1.807, 2.05) is 0 Å². The average Bonchev–Trinajstić information content (AvgIpc) is 2.05. The second-order valence-corrected chi connectivity index (χ2v) is 3.82. The monoisotopic (exact) mass is 172 g/mol. The normalized spacial score (nSPS) is 31.0. The van der Waals surface area contributed by atoms with Gasteiger partial charge in [0.05, 0.1) is 18.3 Å². The lowest BCUT2D eigenvalue weighted by molar-refractivity contribution is -0.0417. The molecule has 0 aromatic rings. The van der Waals surface area contributed by atoms with Crippen LogP contribution in [0.15, 0.2) is 0 Å². The van der Waals surface area contributed by atoms with Crippen molar-refractivity contribution in [1.29, 1.82) is 0 Å². The van der Waals surface area contributed by atoms with Crippen molar-refractivity contribution in [2.45, 2.75) is 57.8 Å². The SMILES string of the molecule is CO[C@H]1CC[C@@H](OC(C)C)CC1. The maximum absolute atomic E-state index is 5.73. The van der Waals surface area contributed by atoms with E-state index in [0.29, 0.717) is 18.3 Å². The van der Waals surface area contributed by atoms with E-state index in [4.69, 9.17) is 9.47 Å². The van der Waals surface area contributed by atoms with Crippen molar-refractivity contribution >= 4 is 0 Å². The van der Waals surface area contributed by atoms with Gasteiger partial charge in [0, 0.05) is 7.11 Å². The highest BCUT2D eigenvalue weighted by Gasteiger charge is 2.21. The largest absolute Gasteiger partial charge is 0.381 e. The molecule has 0 bridgehead atoms. The Morgan fingerprint density at radius 3 is 1.92 bits per heavy atom. The molecule has 1 rings (SSSR count). The molecular weight excluding hydrogens is 152 g/mol. The van der Waals surface area contributed by atoms with Crippen molar-refractivity contribution in [3.8, 4) is 0 Å². The second-order valence-electron chi connectivity index (χ2n) is 3.82. The van der Waals surface area contributed by atoms with Crippen molar-refractivity contribution < 1.29 is 9.47 Å². The molecule has 0 spiro atoms. The van der Waals surface area contributed by atoms with E-state index < -0.39 is 0 Å². The molecule has 0 aromatic carbocycles. The molecule has 0 heterocycles. The minimum Gasteiger partial charge on any atom is -0.381 e. The standard InChI is InChI=1S/C10H20O2/c1-8(2)12-10-6-4-9(11-3)5-7-10/h8-10H,4-7H2,1-3H3/t9-,10+. The molecule has 0 amide bonds. The Kier molecular flexibility index (Phi) is 4.02. The van der Waals surface area contributed by atoms with Crippen LogP contribution in [-0.2, 0) is 9.47 Å². The Morgan fingerprint density at radius 1 is 1.00 bits per heavy atom. The Hall–Kier alpha value is -0.0800. The Balaban J connectivity index is 2.17. The number of hydrogen-bond donors (Lipinski definition) is 0. The predicted molar refractivity (Wildman–Crippen MR) is 49.3 cm³/mol. The highest BCUT2D eigenvalue weighted by atomic mass is 16.5. The lowest BCUT2D eigenvalue weighted by Crippen LogP contribution is -2.27. The van der Waals surface area contributed by atoms with E-state index in [0.717, 1.165) is 25.7 Å². The molecule has 1 fully saturated rings. The molecule has 1 aliphatic rings. The first kappa shape index (κ1) is 10.0. The lowest BCUT2D eigenvalue weighted by Gasteiger charge is -2.28. The maximum atomic E-state index is 5.73. The van der Waals surface area contributed by atoms with Crippen LogP contribution < -0.4 is 0 Å². The average molecular weight is 172 g/mol. The molecule has 72 valence electrons. The summed E-state index contributed by atoms with van der Waals surface area (Å²) in [7, 11) is 1.80. The van der Waals surface area contributed by atoms with Gasteiger partial charge in [-0.2, -0.15) is 0 Å². The maximum Gasteiger partial charge on any atom is 0.0580 e. The van der Waals surface area contributed by atoms with Crippen LogP contribution in [0.4, 0.5) is 0 Å². The summed E-state index contributed by atoms with van der Waals surface area (Å²) in [5.74, 6) is 0. The zero-order valence-electron chi connectivity index (χ0n) is 8.38. The molecule has 12 heavy (non-hydrogen) atoms. The van der Waals surface area contributed by atoms with Crippen LogP contribution in [0.1, 0.15) is 39.5 Å². The van der Waals surface area contributed by atoms with Crippen molar-refractivity contribution in [2.24, 2.45) is 0 Å². The van der Waals surface area contributed by atoms with Crippen LogP contribution in [0.5, 0.6) is 0 Å². The summed E-state index contributed by atoms with van der Waals surface area (Å²) >= 11 is 0. The highest BCUT2D eigenvalue weighted by Crippen LogP contribution is 2.23. The number of methoxy groups -OCH3 is 1. The predicted octanol–water partition coefficient (Wildman–Crippen LogP) is 2.37. The number of rotatable bonds is 3. The van der Waals surface area contributed by atoms with Gasteiger partial charge in [0.25, 0.3) is 0 Å². The van der Waals surface area contributed by atoms with E-state index in [9.17, 15) is 0 Å². The van der Waals surface area contributed by atoms with Gasteiger partial charge in [-0.15, -0.1) is 0 Å². The van der Waals surface area contributed by atoms with Crippen LogP contribution >= 0.6 is 0 Å². The summed E-state index contributed by atoms with van der Waals surface area (Å²) in [6, 6.07) is 0. The molecule has 2 nitrogen and oxygen atoms in total. The third-order valence-corrected chi connectivity index (χ3v) is 2.42. The Morgan fingerprint density at radius 2 is 1.50 bits per heavy atom. The number of ether oxygens (including phenoxy) is 2. The van der Waals surface area contributed by atoms with Crippen molar-refractivity contribution in [3.63, 3.8) is 0 Å². The summed E-state index contributed by atoms with van der Waals surface area (Å²) < 4.78 is 11.0. The lowest BCUT2D eigenvalue weighted by atomic mass is 9.95. The van der Waals surface area contributed by atoms with Gasteiger partial charge in [-0.05, 0) is 39.5 Å². The van der Waals surface area contributed by atoms with Crippen LogP contribution in [0.2, 0.25) is 0 Å². The van der Waals surface area contributed by atoms with Crippen LogP contribution in [0.25, 0.3) is 0 Å². The summed E-state index contributed by atoms with van der Waals surface area (Å²) in [4.78, 5) is 0. The highest BCUT2D eigenvalue weighted by molar-refractivity contribution is 4.73. The topological polar surface area (TPSA) is 18.5 Å². The quantitative estimate of drug-likeness (QED) is 0.650. The van der Waals surface area contributed by atoms with Gasteiger partial charge < -0.3 is 9.47 Å². The van der Waals surface area contributed by atoms with E-state index >= 15 is 0 Å². The fraction of sp³-hybridized carbons (Fsp3) is 1.00. The van der Waals surface area contributed by atoms with Crippen LogP contribution in [-0.4, -0.2) is 25.4 Å². The van der Waals surface area contributed by atoms with Crippen molar-refractivity contribution in [3.05, 3.63) is 0 Å². The fourth-order valence-corrected chi connectivity index (χ4v) is 1.79. The molecule has 1 aliphatic carbocycles. The summed E-state index contributed by atoms with van der Waals surface area (Å²) in [5.41, 5.74) is 0. The van der Waals surface area contributed by atoms with Gasteiger partial charge in [-0.3, -0.25) is 0 Å². The van der Waals surface area contributed by atoms with E-state index in [1.54, 1.807) is 7.11 Å². The first-order valence-corrected chi connectivity index (χ1v) is 4.90. The second kappa shape index (κ2) is 4.83. The third-order valence-electron chi connectivity index (χ3n) is 2.42. The summed E-state index contributed by atoms with van der Waals surface area (Å²) in [6.45, 7) is 4.20. The van der Waals surface area contributed by atoms with E-state index in [2.05, 4.69) is 13.8 Å². The van der Waals surface area contributed by atoms with Gasteiger partial charge >= 0.3 is 0 Å². The molecule has 0 unspecified atom stereocenters. The van der Waals surface area contributed by atoms with E-state index in [1.165, 1.54) is 0 Å². The van der Waals surface area contributed by atoms with Crippen LogP contribution in [0.3, 0.4) is 0 Å². The zero-order chi connectivity index (χ0) is 8.97. The van der Waals surface area contributed by atoms with E-state index in [-0.39, 0.29) is 0 Å². The summed E-state index contributed by atoms with van der Waals surface area (Å²) in [5, 5.41) is 0. The minimum absolute atomic E-state index is 0.370. The van der Waals surface area contributed by atoms with Crippen molar-refractivity contribution in [2.75, 3.05) is 7.11 Å². The number of hydrogen-bond acceptors (Lipinski definition) is 2. The first-order valence-electron chi connectivity index (χ1n) is 4.90. The Bertz CT molecular complexity index is 115. The molecule has 2 heteroatoms. The molecular formula is C10H20O2. The molecule has 0 saturated heterocycles. The molecule has 0 atom stereocenters. The van der Waals surface area contributed by atoms with Gasteiger partial charge in [-0.25, -0.2) is 0 Å². The van der Waals surface area contributed by atoms with Gasteiger partial charge in [0.15, 0.2) is 0 Å². The molecule has 1 saturated carbocycles. The zero-order valence-corrected chi connectivity index (χ0v) is 8.38.